The summed E-state index contributed by atoms with van der Waals surface area (Å²) >= 11 is 1.53. The SMILES string of the molecule is O=NN1CCC(=C2c3ccccc3CC(=O)c3sccc32)CC1. The van der Waals surface area contributed by atoms with Crippen LogP contribution in [-0.2, 0) is 6.42 Å². The summed E-state index contributed by atoms with van der Waals surface area (Å²) < 4.78 is 0. The average molecular weight is 324 g/mol. The summed E-state index contributed by atoms with van der Waals surface area (Å²) in [6, 6.07) is 10.2. The van der Waals surface area contributed by atoms with Crippen molar-refractivity contribution < 1.29 is 4.79 Å². The predicted octanol–water partition coefficient (Wildman–Crippen LogP) is 4.07. The number of Topliss-reactive ketones (excluding diaryl/α,β-unsaturated/α-hetero) is 1. The van der Waals surface area contributed by atoms with Gasteiger partial charge in [-0.25, -0.2) is 0 Å². The van der Waals surface area contributed by atoms with Gasteiger partial charge in [0.1, 0.15) is 0 Å². The molecule has 2 aromatic rings. The van der Waals surface area contributed by atoms with E-state index in [0.29, 0.717) is 19.5 Å². The fourth-order valence-electron chi connectivity index (χ4n) is 3.52. The van der Waals surface area contributed by atoms with Crippen LogP contribution in [0.15, 0.2) is 46.6 Å². The molecule has 2 heterocycles. The zero-order chi connectivity index (χ0) is 15.8. The van der Waals surface area contributed by atoms with Gasteiger partial charge >= 0.3 is 0 Å². The normalized spacial score (nSPS) is 17.6. The van der Waals surface area contributed by atoms with Crippen molar-refractivity contribution in [2.75, 3.05) is 13.1 Å². The maximum atomic E-state index is 12.6. The van der Waals surface area contributed by atoms with E-state index in [1.165, 1.54) is 28.0 Å². The highest BCUT2D eigenvalue weighted by Gasteiger charge is 2.27. The molecule has 4 nitrogen and oxygen atoms in total. The Balaban J connectivity index is 1.91. The summed E-state index contributed by atoms with van der Waals surface area (Å²) in [5, 5.41) is 6.62. The molecule has 0 amide bonds. The highest BCUT2D eigenvalue weighted by atomic mass is 32.1. The summed E-state index contributed by atoms with van der Waals surface area (Å²) in [5.74, 6) is 0.199. The molecule has 116 valence electrons. The minimum absolute atomic E-state index is 0.199. The zero-order valence-corrected chi connectivity index (χ0v) is 13.4. The van der Waals surface area contributed by atoms with Crippen LogP contribution in [0.4, 0.5) is 0 Å². The van der Waals surface area contributed by atoms with Crippen LogP contribution in [0.5, 0.6) is 0 Å². The van der Waals surface area contributed by atoms with Crippen molar-refractivity contribution in [2.45, 2.75) is 19.3 Å². The number of carbonyl (C=O) groups is 1. The first-order valence-corrected chi connectivity index (χ1v) is 8.65. The molecule has 2 aliphatic rings. The Morgan fingerprint density at radius 1 is 1.04 bits per heavy atom. The molecule has 1 aliphatic carbocycles. The molecule has 0 N–H and O–H groups in total. The topological polar surface area (TPSA) is 49.7 Å². The monoisotopic (exact) mass is 324 g/mol. The van der Waals surface area contributed by atoms with Gasteiger partial charge in [-0.1, -0.05) is 29.8 Å². The van der Waals surface area contributed by atoms with E-state index in [0.717, 1.165) is 28.8 Å². The van der Waals surface area contributed by atoms with Crippen molar-refractivity contribution >= 4 is 22.7 Å². The van der Waals surface area contributed by atoms with Gasteiger partial charge in [0.2, 0.25) is 0 Å². The molecule has 0 spiro atoms. The Morgan fingerprint density at radius 3 is 2.61 bits per heavy atom. The van der Waals surface area contributed by atoms with Gasteiger partial charge in [0.05, 0.1) is 10.2 Å². The number of thiophene rings is 1. The van der Waals surface area contributed by atoms with Crippen molar-refractivity contribution in [3.8, 4) is 0 Å². The van der Waals surface area contributed by atoms with Crippen molar-refractivity contribution in [3.63, 3.8) is 0 Å². The van der Waals surface area contributed by atoms with Gasteiger partial charge in [-0.2, -0.15) is 0 Å². The van der Waals surface area contributed by atoms with Gasteiger partial charge in [-0.3, -0.25) is 9.80 Å². The predicted molar refractivity (Wildman–Crippen MR) is 91.4 cm³/mol. The summed E-state index contributed by atoms with van der Waals surface area (Å²) in [6.45, 7) is 1.30. The summed E-state index contributed by atoms with van der Waals surface area (Å²) in [4.78, 5) is 24.2. The summed E-state index contributed by atoms with van der Waals surface area (Å²) in [7, 11) is 0. The van der Waals surface area contributed by atoms with Crippen LogP contribution in [0, 0.1) is 4.91 Å². The lowest BCUT2D eigenvalue weighted by Crippen LogP contribution is -2.25. The third-order valence-corrected chi connectivity index (χ3v) is 5.59. The van der Waals surface area contributed by atoms with Crippen molar-refractivity contribution in [1.29, 1.82) is 0 Å². The molecule has 4 rings (SSSR count). The van der Waals surface area contributed by atoms with E-state index in [-0.39, 0.29) is 5.78 Å². The van der Waals surface area contributed by atoms with Crippen molar-refractivity contribution in [2.24, 2.45) is 5.29 Å². The number of ketones is 1. The fraction of sp³-hybridized carbons (Fsp3) is 0.278. The molecule has 1 fully saturated rings. The number of fused-ring (bicyclic) bond motifs is 2. The van der Waals surface area contributed by atoms with Crippen LogP contribution in [0.3, 0.4) is 0 Å². The first-order valence-electron chi connectivity index (χ1n) is 7.77. The number of carbonyl (C=O) groups excluding carboxylic acids is 1. The minimum Gasteiger partial charge on any atom is -0.293 e. The minimum atomic E-state index is 0.199. The third kappa shape index (κ3) is 2.41. The van der Waals surface area contributed by atoms with E-state index in [1.54, 1.807) is 5.01 Å². The number of nitroso groups, excluding NO2 is 1. The molecular formula is C18H16N2O2S. The molecule has 1 aromatic carbocycles. The number of piperidine rings is 1. The van der Waals surface area contributed by atoms with Crippen LogP contribution in [-0.4, -0.2) is 23.9 Å². The maximum absolute atomic E-state index is 12.6. The lowest BCUT2D eigenvalue weighted by atomic mass is 9.88. The van der Waals surface area contributed by atoms with Crippen molar-refractivity contribution in [3.05, 3.63) is 67.8 Å². The van der Waals surface area contributed by atoms with Crippen LogP contribution < -0.4 is 0 Å². The molecule has 0 unspecified atom stereocenters. The molecule has 1 saturated heterocycles. The highest BCUT2D eigenvalue weighted by molar-refractivity contribution is 7.12. The van der Waals surface area contributed by atoms with Crippen LogP contribution in [0.1, 0.15) is 39.2 Å². The Bertz CT molecular complexity index is 812. The quantitative estimate of drug-likeness (QED) is 0.743. The van der Waals surface area contributed by atoms with Gasteiger partial charge < -0.3 is 0 Å². The molecule has 0 bridgehead atoms. The molecular weight excluding hydrogens is 308 g/mol. The fourth-order valence-corrected chi connectivity index (χ4v) is 4.36. The second-order valence-electron chi connectivity index (χ2n) is 5.93. The first kappa shape index (κ1) is 14.3. The van der Waals surface area contributed by atoms with E-state index in [4.69, 9.17) is 0 Å². The van der Waals surface area contributed by atoms with E-state index in [2.05, 4.69) is 17.4 Å². The second-order valence-corrected chi connectivity index (χ2v) is 6.85. The first-order chi connectivity index (χ1) is 11.3. The number of hydrogen-bond donors (Lipinski definition) is 0. The molecule has 1 aromatic heterocycles. The third-order valence-electron chi connectivity index (χ3n) is 4.64. The maximum Gasteiger partial charge on any atom is 0.177 e. The number of nitrogens with zero attached hydrogens (tertiary/aromatic N) is 2. The van der Waals surface area contributed by atoms with Gasteiger partial charge in [0.15, 0.2) is 5.78 Å². The molecule has 0 radical (unpaired) electrons. The Labute approximate surface area is 138 Å². The summed E-state index contributed by atoms with van der Waals surface area (Å²) in [5.41, 5.74) is 5.85. The van der Waals surface area contributed by atoms with E-state index in [1.807, 2.05) is 23.6 Å². The van der Waals surface area contributed by atoms with Gasteiger partial charge in [0.25, 0.3) is 0 Å². The largest absolute Gasteiger partial charge is 0.293 e. The Kier molecular flexibility index (Phi) is 3.58. The average Bonchev–Trinajstić information content (AvgIpc) is 3.03. The second kappa shape index (κ2) is 5.74. The molecule has 1 aliphatic heterocycles. The standard InChI is InChI=1S/C18H16N2O2S/c21-16-11-13-3-1-2-4-14(13)17(15-7-10-23-18(15)16)12-5-8-20(19-22)9-6-12/h1-4,7,10H,5-6,8-9,11H2. The summed E-state index contributed by atoms with van der Waals surface area (Å²) in [6.07, 6.45) is 2.10. The Morgan fingerprint density at radius 2 is 1.83 bits per heavy atom. The van der Waals surface area contributed by atoms with E-state index in [9.17, 15) is 9.70 Å². The molecule has 0 saturated carbocycles. The highest BCUT2D eigenvalue weighted by Crippen LogP contribution is 2.40. The van der Waals surface area contributed by atoms with E-state index < -0.39 is 0 Å². The van der Waals surface area contributed by atoms with E-state index >= 15 is 0 Å². The Hall–Kier alpha value is -2.27. The van der Waals surface area contributed by atoms with Gasteiger partial charge in [-0.05, 0) is 41.0 Å². The van der Waals surface area contributed by atoms with Crippen molar-refractivity contribution in [1.82, 2.24) is 5.01 Å². The number of rotatable bonds is 1. The van der Waals surface area contributed by atoms with Gasteiger partial charge in [-0.15, -0.1) is 16.2 Å². The van der Waals surface area contributed by atoms with Gasteiger partial charge in [0, 0.05) is 25.1 Å². The lowest BCUT2D eigenvalue weighted by molar-refractivity contribution is 0.0997. The van der Waals surface area contributed by atoms with Crippen LogP contribution in [0.2, 0.25) is 0 Å². The lowest BCUT2D eigenvalue weighted by Gasteiger charge is -2.25. The molecule has 5 heteroatoms. The van der Waals surface area contributed by atoms with Crippen LogP contribution >= 0.6 is 11.3 Å². The number of hydrogen-bond acceptors (Lipinski definition) is 4. The van der Waals surface area contributed by atoms with Crippen LogP contribution in [0.25, 0.3) is 5.57 Å². The zero-order valence-electron chi connectivity index (χ0n) is 12.6. The number of benzene rings is 1. The molecule has 0 atom stereocenters. The smallest absolute Gasteiger partial charge is 0.177 e. The molecule has 23 heavy (non-hydrogen) atoms.